The largest absolute Gasteiger partial charge is 0.486 e. The van der Waals surface area contributed by atoms with Crippen LogP contribution in [-0.2, 0) is 0 Å². The Morgan fingerprint density at radius 2 is 1.89 bits per heavy atom. The molecule has 1 aliphatic heterocycles. The van der Waals surface area contributed by atoms with Gasteiger partial charge in [0, 0.05) is 9.75 Å². The van der Waals surface area contributed by atoms with E-state index in [1.165, 1.54) is 15.3 Å². The molecule has 3 rings (SSSR count). The molecule has 4 heteroatoms. The summed E-state index contributed by atoms with van der Waals surface area (Å²) < 4.78 is 11.1. The molecule has 2 aromatic rings. The molecule has 1 unspecified atom stereocenters. The van der Waals surface area contributed by atoms with Crippen LogP contribution >= 0.6 is 27.3 Å². The van der Waals surface area contributed by atoms with E-state index < -0.39 is 0 Å². The van der Waals surface area contributed by atoms with E-state index in [-0.39, 0.29) is 4.83 Å². The molecule has 2 heterocycles. The van der Waals surface area contributed by atoms with Crippen LogP contribution in [0.1, 0.15) is 20.1 Å². The second kappa shape index (κ2) is 4.94. The maximum Gasteiger partial charge on any atom is 0.161 e. The van der Waals surface area contributed by atoms with Crippen LogP contribution in [0.5, 0.6) is 11.5 Å². The number of rotatable bonds is 2. The number of alkyl halides is 1. The van der Waals surface area contributed by atoms with Crippen molar-refractivity contribution >= 4 is 27.3 Å². The molecule has 1 aromatic carbocycles. The van der Waals surface area contributed by atoms with Gasteiger partial charge in [-0.1, -0.05) is 22.0 Å². The average molecular weight is 325 g/mol. The van der Waals surface area contributed by atoms with Crippen molar-refractivity contribution in [3.05, 3.63) is 45.6 Å². The molecule has 0 spiro atoms. The summed E-state index contributed by atoms with van der Waals surface area (Å²) in [5.74, 6) is 1.68. The van der Waals surface area contributed by atoms with E-state index >= 15 is 0 Å². The summed E-state index contributed by atoms with van der Waals surface area (Å²) in [6.07, 6.45) is 0. The molecular weight excluding hydrogens is 312 g/mol. The SMILES string of the molecule is Cc1ccc(C(Br)c2ccc3c(c2)OCCO3)s1. The third-order valence-corrected chi connectivity index (χ3v) is 5.26. The Bertz CT molecular complexity index is 565. The maximum atomic E-state index is 5.61. The van der Waals surface area contributed by atoms with Crippen LogP contribution in [0.15, 0.2) is 30.3 Å². The molecule has 1 atom stereocenters. The minimum absolute atomic E-state index is 0.215. The Balaban J connectivity index is 1.92. The van der Waals surface area contributed by atoms with E-state index in [0.717, 1.165) is 11.5 Å². The highest BCUT2D eigenvalue weighted by atomic mass is 79.9. The van der Waals surface area contributed by atoms with E-state index in [4.69, 9.17) is 9.47 Å². The summed E-state index contributed by atoms with van der Waals surface area (Å²) in [7, 11) is 0. The lowest BCUT2D eigenvalue weighted by molar-refractivity contribution is 0.171. The number of ether oxygens (including phenoxy) is 2. The van der Waals surface area contributed by atoms with E-state index in [0.29, 0.717) is 13.2 Å². The highest BCUT2D eigenvalue weighted by molar-refractivity contribution is 9.09. The lowest BCUT2D eigenvalue weighted by atomic mass is 10.1. The first-order chi connectivity index (χ1) is 8.74. The summed E-state index contributed by atoms with van der Waals surface area (Å²) >= 11 is 5.56. The third kappa shape index (κ3) is 2.27. The summed E-state index contributed by atoms with van der Waals surface area (Å²) in [4.78, 5) is 2.85. The van der Waals surface area contributed by atoms with Gasteiger partial charge in [-0.15, -0.1) is 11.3 Å². The molecule has 0 bridgehead atoms. The molecule has 2 nitrogen and oxygen atoms in total. The van der Waals surface area contributed by atoms with Crippen molar-refractivity contribution < 1.29 is 9.47 Å². The first kappa shape index (κ1) is 12.1. The van der Waals surface area contributed by atoms with Crippen molar-refractivity contribution in [1.29, 1.82) is 0 Å². The standard InChI is InChI=1S/C14H13BrO2S/c1-9-2-5-13(18-9)14(15)10-3-4-11-12(8-10)17-7-6-16-11/h2-5,8,14H,6-7H2,1H3. The van der Waals surface area contributed by atoms with Gasteiger partial charge in [-0.3, -0.25) is 0 Å². The Morgan fingerprint density at radius 1 is 1.11 bits per heavy atom. The fourth-order valence-electron chi connectivity index (χ4n) is 1.97. The van der Waals surface area contributed by atoms with Crippen molar-refractivity contribution in [2.75, 3.05) is 13.2 Å². The highest BCUT2D eigenvalue weighted by Crippen LogP contribution is 2.39. The maximum absolute atomic E-state index is 5.61. The summed E-state index contributed by atoms with van der Waals surface area (Å²) in [5.41, 5.74) is 1.20. The molecule has 0 fully saturated rings. The van der Waals surface area contributed by atoms with E-state index in [1.54, 1.807) is 0 Å². The number of fused-ring (bicyclic) bond motifs is 1. The van der Waals surface area contributed by atoms with Gasteiger partial charge in [0.2, 0.25) is 0 Å². The number of hydrogen-bond acceptors (Lipinski definition) is 3. The molecule has 0 saturated heterocycles. The van der Waals surface area contributed by atoms with Crippen molar-refractivity contribution in [2.24, 2.45) is 0 Å². The molecule has 0 N–H and O–H groups in total. The molecule has 94 valence electrons. The third-order valence-electron chi connectivity index (χ3n) is 2.87. The topological polar surface area (TPSA) is 18.5 Å². The molecule has 1 aromatic heterocycles. The fourth-order valence-corrected chi connectivity index (χ4v) is 3.57. The Hall–Kier alpha value is -1.00. The van der Waals surface area contributed by atoms with Gasteiger partial charge in [0.15, 0.2) is 11.5 Å². The Kier molecular flexibility index (Phi) is 3.31. The number of hydrogen-bond donors (Lipinski definition) is 0. The second-order valence-corrected chi connectivity index (χ2v) is 6.45. The van der Waals surface area contributed by atoms with Crippen LogP contribution in [0.3, 0.4) is 0 Å². The van der Waals surface area contributed by atoms with Gasteiger partial charge in [-0.2, -0.15) is 0 Å². The van der Waals surface area contributed by atoms with Gasteiger partial charge in [-0.25, -0.2) is 0 Å². The first-order valence-corrected chi connectivity index (χ1v) is 7.57. The van der Waals surface area contributed by atoms with Gasteiger partial charge < -0.3 is 9.47 Å². The van der Waals surface area contributed by atoms with Crippen LogP contribution in [0, 0.1) is 6.92 Å². The van der Waals surface area contributed by atoms with Crippen molar-refractivity contribution in [2.45, 2.75) is 11.8 Å². The van der Waals surface area contributed by atoms with Crippen molar-refractivity contribution in [3.8, 4) is 11.5 Å². The lowest BCUT2D eigenvalue weighted by Crippen LogP contribution is -2.15. The molecule has 0 amide bonds. The minimum Gasteiger partial charge on any atom is -0.486 e. The molecular formula is C14H13BrO2S. The zero-order valence-electron chi connectivity index (χ0n) is 9.98. The predicted molar refractivity (Wildman–Crippen MR) is 77.3 cm³/mol. The molecule has 0 aliphatic carbocycles. The van der Waals surface area contributed by atoms with Crippen LogP contribution in [0.2, 0.25) is 0 Å². The van der Waals surface area contributed by atoms with E-state index in [2.05, 4.69) is 47.1 Å². The van der Waals surface area contributed by atoms with Crippen molar-refractivity contribution in [1.82, 2.24) is 0 Å². The first-order valence-electron chi connectivity index (χ1n) is 5.84. The van der Waals surface area contributed by atoms with E-state index in [9.17, 15) is 0 Å². The molecule has 0 radical (unpaired) electrons. The lowest BCUT2D eigenvalue weighted by Gasteiger charge is -2.19. The van der Waals surface area contributed by atoms with Gasteiger partial charge in [0.1, 0.15) is 13.2 Å². The number of thiophene rings is 1. The van der Waals surface area contributed by atoms with Gasteiger partial charge in [-0.05, 0) is 36.8 Å². The van der Waals surface area contributed by atoms with Gasteiger partial charge in [0.05, 0.1) is 4.83 Å². The summed E-state index contributed by atoms with van der Waals surface area (Å²) in [6, 6.07) is 10.4. The molecule has 1 aliphatic rings. The summed E-state index contributed by atoms with van der Waals surface area (Å²) in [6.45, 7) is 3.38. The number of aryl methyl sites for hydroxylation is 1. The molecule has 18 heavy (non-hydrogen) atoms. The second-order valence-electron chi connectivity index (χ2n) is 4.21. The summed E-state index contributed by atoms with van der Waals surface area (Å²) in [5, 5.41) is 0. The minimum atomic E-state index is 0.215. The Labute approximate surface area is 119 Å². The van der Waals surface area contributed by atoms with E-state index in [1.807, 2.05) is 17.4 Å². The zero-order valence-corrected chi connectivity index (χ0v) is 12.4. The average Bonchev–Trinajstić information content (AvgIpc) is 2.84. The normalized spacial score (nSPS) is 15.4. The van der Waals surface area contributed by atoms with Crippen LogP contribution in [0.4, 0.5) is 0 Å². The van der Waals surface area contributed by atoms with Crippen LogP contribution in [-0.4, -0.2) is 13.2 Å². The fraction of sp³-hybridized carbons (Fsp3) is 0.286. The van der Waals surface area contributed by atoms with Crippen molar-refractivity contribution in [3.63, 3.8) is 0 Å². The Morgan fingerprint density at radius 3 is 2.61 bits per heavy atom. The van der Waals surface area contributed by atoms with Crippen LogP contribution < -0.4 is 9.47 Å². The smallest absolute Gasteiger partial charge is 0.161 e. The number of benzene rings is 1. The highest BCUT2D eigenvalue weighted by Gasteiger charge is 2.17. The number of halogens is 1. The zero-order chi connectivity index (χ0) is 12.5. The van der Waals surface area contributed by atoms with Gasteiger partial charge in [0.25, 0.3) is 0 Å². The molecule has 0 saturated carbocycles. The quantitative estimate of drug-likeness (QED) is 0.766. The van der Waals surface area contributed by atoms with Gasteiger partial charge >= 0.3 is 0 Å². The predicted octanol–water partition coefficient (Wildman–Crippen LogP) is 4.31. The van der Waals surface area contributed by atoms with Crippen LogP contribution in [0.25, 0.3) is 0 Å². The monoisotopic (exact) mass is 324 g/mol.